The molecule has 8 bridgehead atoms. The third kappa shape index (κ3) is 5.08. The number of H-pyrrole nitrogens is 3. The average Bonchev–Trinajstić information content (AvgIpc) is 3.95. The summed E-state index contributed by atoms with van der Waals surface area (Å²) in [5.41, 5.74) is 13.7. The van der Waals surface area contributed by atoms with E-state index in [0.717, 1.165) is 95.1 Å². The lowest BCUT2D eigenvalue weighted by molar-refractivity contribution is 0.415. The molecule has 0 spiro atoms. The van der Waals surface area contributed by atoms with Gasteiger partial charge in [-0.25, -0.2) is 4.98 Å². The molecule has 5 heterocycles. The van der Waals surface area contributed by atoms with Crippen molar-refractivity contribution in [1.82, 2.24) is 19.9 Å². The largest absolute Gasteiger partial charge is 0.497 e. The summed E-state index contributed by atoms with van der Waals surface area (Å²) in [6.07, 6.45) is 4.15. The van der Waals surface area contributed by atoms with E-state index in [0.29, 0.717) is 0 Å². The van der Waals surface area contributed by atoms with Crippen LogP contribution in [0.25, 0.3) is 78.6 Å². The van der Waals surface area contributed by atoms with Crippen molar-refractivity contribution in [2.75, 3.05) is 21.3 Å². The Hall–Kier alpha value is -6.21. The molecule has 0 saturated heterocycles. The summed E-state index contributed by atoms with van der Waals surface area (Å²) in [7, 11) is 5.05. The van der Waals surface area contributed by atoms with Crippen LogP contribution < -0.4 is 14.2 Å². The van der Waals surface area contributed by atoms with Gasteiger partial charge in [0.2, 0.25) is 0 Å². The van der Waals surface area contributed by atoms with Crippen LogP contribution in [0.1, 0.15) is 11.4 Å². The lowest BCUT2D eigenvalue weighted by Crippen LogP contribution is -1.87. The molecular weight excluding hydrogens is 584 g/mol. The smallest absolute Gasteiger partial charge is 0.118 e. The van der Waals surface area contributed by atoms with Crippen LogP contribution in [0.5, 0.6) is 17.2 Å². The van der Waals surface area contributed by atoms with Crippen LogP contribution in [0.15, 0.2) is 109 Å². The molecule has 230 valence electrons. The molecule has 1 aliphatic heterocycles. The molecule has 7 aromatic rings. The number of hydrogen-bond donors (Lipinski definition) is 3. The van der Waals surface area contributed by atoms with E-state index in [1.54, 1.807) is 21.3 Å². The second kappa shape index (κ2) is 11.6. The topological polar surface area (TPSA) is 87.9 Å². The molecule has 0 fully saturated rings. The molecule has 3 aromatic carbocycles. The van der Waals surface area contributed by atoms with Crippen molar-refractivity contribution in [3.05, 3.63) is 121 Å². The molecule has 0 unspecified atom stereocenters. The monoisotopic (exact) mass is 616 g/mol. The van der Waals surface area contributed by atoms with E-state index >= 15 is 0 Å². The van der Waals surface area contributed by atoms with Gasteiger partial charge in [0.05, 0.1) is 38.2 Å². The molecule has 3 N–H and O–H groups in total. The van der Waals surface area contributed by atoms with Crippen LogP contribution in [0, 0.1) is 0 Å². The summed E-state index contributed by atoms with van der Waals surface area (Å²) >= 11 is 0. The van der Waals surface area contributed by atoms with E-state index in [2.05, 4.69) is 99.9 Å². The first-order valence-electron chi connectivity index (χ1n) is 15.4. The number of benzene rings is 3. The minimum Gasteiger partial charge on any atom is -0.497 e. The summed E-state index contributed by atoms with van der Waals surface area (Å²) < 4.78 is 16.4. The van der Waals surface area contributed by atoms with Gasteiger partial charge in [0, 0.05) is 44.3 Å². The zero-order chi connectivity index (χ0) is 31.9. The number of aromatic nitrogens is 4. The summed E-state index contributed by atoms with van der Waals surface area (Å²) in [6.45, 7) is 0. The van der Waals surface area contributed by atoms with Crippen LogP contribution in [0.2, 0.25) is 0 Å². The summed E-state index contributed by atoms with van der Waals surface area (Å²) in [5, 5.41) is 0. The van der Waals surface area contributed by atoms with Gasteiger partial charge in [-0.15, -0.1) is 0 Å². The molecule has 7 heteroatoms. The Morgan fingerprint density at radius 1 is 0.362 bits per heavy atom. The SMILES string of the molecule is COc1ccc(-c2c3nc(c4ccc([nH]4)c(-c4ccc(OC)cc4)c4ccc([nH]4)c(-c4ccc(OC)cc4)c4ccc2[nH]4)C=C3)cc1. The van der Waals surface area contributed by atoms with Crippen LogP contribution in [-0.4, -0.2) is 41.3 Å². The Balaban J connectivity index is 1.51. The van der Waals surface area contributed by atoms with Gasteiger partial charge in [0.1, 0.15) is 17.2 Å². The van der Waals surface area contributed by atoms with Crippen molar-refractivity contribution in [2.24, 2.45) is 0 Å². The molecule has 1 aliphatic rings. The normalized spacial score (nSPS) is 11.6. The first-order chi connectivity index (χ1) is 23.1. The van der Waals surface area contributed by atoms with E-state index in [9.17, 15) is 0 Å². The van der Waals surface area contributed by atoms with Crippen molar-refractivity contribution < 1.29 is 14.2 Å². The van der Waals surface area contributed by atoms with Gasteiger partial charge >= 0.3 is 0 Å². The minimum atomic E-state index is 0.801. The van der Waals surface area contributed by atoms with E-state index in [4.69, 9.17) is 19.2 Å². The number of nitrogens with zero attached hydrogens (tertiary/aromatic N) is 1. The van der Waals surface area contributed by atoms with Crippen LogP contribution in [0.4, 0.5) is 0 Å². The van der Waals surface area contributed by atoms with Gasteiger partial charge in [-0.3, -0.25) is 0 Å². The second-order valence-electron chi connectivity index (χ2n) is 11.4. The van der Waals surface area contributed by atoms with Gasteiger partial charge in [-0.1, -0.05) is 36.4 Å². The Kier molecular flexibility index (Phi) is 6.99. The fourth-order valence-corrected chi connectivity index (χ4v) is 6.34. The fraction of sp³-hybridized carbons (Fsp3) is 0.0750. The van der Waals surface area contributed by atoms with Crippen LogP contribution in [-0.2, 0) is 0 Å². The lowest BCUT2D eigenvalue weighted by Gasteiger charge is -2.07. The second-order valence-corrected chi connectivity index (χ2v) is 11.4. The number of aromatic amines is 3. The predicted octanol–water partition coefficient (Wildman–Crippen LogP) is 9.72. The van der Waals surface area contributed by atoms with Crippen molar-refractivity contribution in [2.45, 2.75) is 0 Å². The Morgan fingerprint density at radius 2 is 0.681 bits per heavy atom. The van der Waals surface area contributed by atoms with Crippen LogP contribution in [0.3, 0.4) is 0 Å². The molecule has 47 heavy (non-hydrogen) atoms. The molecule has 0 radical (unpaired) electrons. The van der Waals surface area contributed by atoms with E-state index in [1.165, 1.54) is 0 Å². The molecule has 0 amide bonds. The highest BCUT2D eigenvalue weighted by Crippen LogP contribution is 2.36. The lowest BCUT2D eigenvalue weighted by atomic mass is 10.0. The fourth-order valence-electron chi connectivity index (χ4n) is 6.34. The Labute approximate surface area is 271 Å². The maximum absolute atomic E-state index is 5.49. The van der Waals surface area contributed by atoms with E-state index in [1.807, 2.05) is 36.4 Å². The maximum atomic E-state index is 5.49. The number of methoxy groups -OCH3 is 3. The van der Waals surface area contributed by atoms with E-state index < -0.39 is 0 Å². The number of fused-ring (bicyclic) bond motifs is 9. The van der Waals surface area contributed by atoms with Gasteiger partial charge < -0.3 is 29.2 Å². The van der Waals surface area contributed by atoms with Crippen molar-refractivity contribution in [3.8, 4) is 50.6 Å². The Bertz CT molecular complexity index is 2390. The molecule has 4 aromatic heterocycles. The highest BCUT2D eigenvalue weighted by molar-refractivity contribution is 6.00. The first-order valence-corrected chi connectivity index (χ1v) is 15.4. The van der Waals surface area contributed by atoms with Crippen LogP contribution >= 0.6 is 0 Å². The molecule has 8 rings (SSSR count). The quantitative estimate of drug-likeness (QED) is 0.174. The average molecular weight is 617 g/mol. The molecule has 0 atom stereocenters. The summed E-state index contributed by atoms with van der Waals surface area (Å²) in [6, 6.07) is 37.2. The van der Waals surface area contributed by atoms with Crippen molar-refractivity contribution in [3.63, 3.8) is 0 Å². The third-order valence-electron chi connectivity index (χ3n) is 8.71. The number of nitrogens with one attached hydrogen (secondary N) is 3. The standard InChI is InChI=1S/C40H32N4O3/c1-45-27-10-4-24(5-11-27)38-32-18-16-30(41-32)31-17-19-33(42-31)39(25-6-12-28(46-2)13-7-25)35-21-23-37(44-35)40(36-22-20-34(38)43-36)26-8-14-29(47-3)15-9-26/h4-23,41,43-44H,1-3H3. The predicted molar refractivity (Wildman–Crippen MR) is 191 cm³/mol. The number of rotatable bonds is 6. The molecule has 7 nitrogen and oxygen atoms in total. The van der Waals surface area contributed by atoms with E-state index in [-0.39, 0.29) is 0 Å². The highest BCUT2D eigenvalue weighted by atomic mass is 16.5. The first kappa shape index (κ1) is 28.3. The molecule has 0 aliphatic carbocycles. The Morgan fingerprint density at radius 3 is 1.09 bits per heavy atom. The highest BCUT2D eigenvalue weighted by Gasteiger charge is 2.15. The maximum Gasteiger partial charge on any atom is 0.118 e. The molecule has 0 saturated carbocycles. The molecular formula is C40H32N4O3. The van der Waals surface area contributed by atoms with Gasteiger partial charge in [-0.2, -0.15) is 0 Å². The van der Waals surface area contributed by atoms with Gasteiger partial charge in [0.15, 0.2) is 0 Å². The third-order valence-corrected chi connectivity index (χ3v) is 8.71. The van der Waals surface area contributed by atoms with Crippen molar-refractivity contribution in [1.29, 1.82) is 0 Å². The zero-order valence-corrected chi connectivity index (χ0v) is 26.2. The number of ether oxygens (including phenoxy) is 3. The summed E-state index contributed by atoms with van der Waals surface area (Å²) in [5.74, 6) is 2.41. The van der Waals surface area contributed by atoms with Gasteiger partial charge in [0.25, 0.3) is 0 Å². The van der Waals surface area contributed by atoms with Gasteiger partial charge in [-0.05, 0) is 102 Å². The summed E-state index contributed by atoms with van der Waals surface area (Å²) in [4.78, 5) is 16.4. The van der Waals surface area contributed by atoms with Crippen molar-refractivity contribution >= 4 is 45.3 Å². The minimum absolute atomic E-state index is 0.801. The zero-order valence-electron chi connectivity index (χ0n) is 26.2. The number of hydrogen-bond acceptors (Lipinski definition) is 4.